The normalized spacial score (nSPS) is 11.0. The highest BCUT2D eigenvalue weighted by Crippen LogP contribution is 2.25. The van der Waals surface area contributed by atoms with E-state index in [1.165, 1.54) is 37.3 Å². The quantitative estimate of drug-likeness (QED) is 0.804. The van der Waals surface area contributed by atoms with Crippen LogP contribution in [0.4, 0.5) is 5.69 Å². The number of ketones is 1. The molecule has 0 saturated carbocycles. The van der Waals surface area contributed by atoms with Crippen molar-refractivity contribution < 1.29 is 23.1 Å². The number of halogens is 1. The van der Waals surface area contributed by atoms with Crippen molar-refractivity contribution in [3.05, 3.63) is 58.6 Å². The van der Waals surface area contributed by atoms with Gasteiger partial charge in [0.1, 0.15) is 4.90 Å². The number of nitrogens with one attached hydrogen (secondary N) is 1. The van der Waals surface area contributed by atoms with Crippen LogP contribution in [-0.2, 0) is 10.0 Å². The van der Waals surface area contributed by atoms with Crippen LogP contribution in [0, 0.1) is 0 Å². The summed E-state index contributed by atoms with van der Waals surface area (Å²) >= 11 is 5.87. The number of anilines is 1. The van der Waals surface area contributed by atoms with Gasteiger partial charge in [-0.3, -0.25) is 9.52 Å². The number of carboxylic acids is 1. The first kappa shape index (κ1) is 17.0. The Labute approximate surface area is 137 Å². The van der Waals surface area contributed by atoms with Gasteiger partial charge in [0.05, 0.1) is 10.6 Å². The van der Waals surface area contributed by atoms with Gasteiger partial charge in [-0.25, -0.2) is 13.2 Å². The van der Waals surface area contributed by atoms with Crippen molar-refractivity contribution in [2.45, 2.75) is 11.8 Å². The van der Waals surface area contributed by atoms with Gasteiger partial charge in [-0.15, -0.1) is 0 Å². The summed E-state index contributed by atoms with van der Waals surface area (Å²) in [5.74, 6) is -1.48. The molecule has 2 aromatic rings. The molecule has 0 atom stereocenters. The Morgan fingerprint density at radius 2 is 1.78 bits per heavy atom. The topological polar surface area (TPSA) is 101 Å². The van der Waals surface area contributed by atoms with Crippen molar-refractivity contribution in [1.29, 1.82) is 0 Å². The molecule has 8 heteroatoms. The minimum Gasteiger partial charge on any atom is -0.478 e. The van der Waals surface area contributed by atoms with E-state index in [-0.39, 0.29) is 27.0 Å². The summed E-state index contributed by atoms with van der Waals surface area (Å²) < 4.78 is 27.1. The lowest BCUT2D eigenvalue weighted by atomic mass is 10.1. The van der Waals surface area contributed by atoms with Crippen LogP contribution in [0.15, 0.2) is 47.4 Å². The van der Waals surface area contributed by atoms with Crippen molar-refractivity contribution in [2.24, 2.45) is 0 Å². The van der Waals surface area contributed by atoms with Gasteiger partial charge in [-0.2, -0.15) is 0 Å². The second-order valence-corrected chi connectivity index (χ2v) is 6.75. The highest BCUT2D eigenvalue weighted by molar-refractivity contribution is 7.92. The van der Waals surface area contributed by atoms with E-state index in [4.69, 9.17) is 16.7 Å². The fourth-order valence-corrected chi connectivity index (χ4v) is 3.43. The van der Waals surface area contributed by atoms with Crippen LogP contribution in [0.1, 0.15) is 27.6 Å². The summed E-state index contributed by atoms with van der Waals surface area (Å²) in [5, 5.41) is 8.85. The predicted octanol–water partition coefficient (Wildman–Crippen LogP) is 3.04. The molecular formula is C15H12ClNO5S. The fourth-order valence-electron chi connectivity index (χ4n) is 1.85. The SMILES string of the molecule is CC(=O)c1cccc(NS(=O)(=O)c2cc(C(=O)O)ccc2Cl)c1. The molecule has 0 amide bonds. The van der Waals surface area contributed by atoms with E-state index in [2.05, 4.69) is 4.72 Å². The van der Waals surface area contributed by atoms with Gasteiger partial charge in [0.15, 0.2) is 5.78 Å². The molecule has 0 spiro atoms. The summed E-state index contributed by atoms with van der Waals surface area (Å²) in [4.78, 5) is 22.0. The van der Waals surface area contributed by atoms with Gasteiger partial charge in [-0.1, -0.05) is 23.7 Å². The maximum absolute atomic E-state index is 12.4. The number of Topliss-reactive ketones (excluding diaryl/α,β-unsaturated/α-hetero) is 1. The standard InChI is InChI=1S/C15H12ClNO5S/c1-9(18)10-3-2-4-12(7-10)17-23(21,22)14-8-11(15(19)20)5-6-13(14)16/h2-8,17H,1H3,(H,19,20). The molecule has 2 aromatic carbocycles. The zero-order chi connectivity index (χ0) is 17.2. The summed E-state index contributed by atoms with van der Waals surface area (Å²) in [6.45, 7) is 1.36. The number of hydrogen-bond donors (Lipinski definition) is 2. The second-order valence-electron chi connectivity index (χ2n) is 4.69. The average molecular weight is 354 g/mol. The molecule has 2 rings (SSSR count). The van der Waals surface area contributed by atoms with Crippen molar-refractivity contribution in [2.75, 3.05) is 4.72 Å². The monoisotopic (exact) mass is 353 g/mol. The predicted molar refractivity (Wildman–Crippen MR) is 85.7 cm³/mol. The van der Waals surface area contributed by atoms with Gasteiger partial charge < -0.3 is 5.11 Å². The largest absolute Gasteiger partial charge is 0.478 e. The molecule has 0 fully saturated rings. The Balaban J connectivity index is 2.43. The van der Waals surface area contributed by atoms with Crippen LogP contribution in [0.3, 0.4) is 0 Å². The van der Waals surface area contributed by atoms with Crippen molar-refractivity contribution in [1.82, 2.24) is 0 Å². The zero-order valence-corrected chi connectivity index (χ0v) is 13.5. The summed E-state index contributed by atoms with van der Waals surface area (Å²) in [6, 6.07) is 9.32. The number of carbonyl (C=O) groups is 2. The third-order valence-electron chi connectivity index (χ3n) is 2.99. The highest BCUT2D eigenvalue weighted by atomic mass is 35.5. The van der Waals surface area contributed by atoms with Gasteiger partial charge in [-0.05, 0) is 37.3 Å². The van der Waals surface area contributed by atoms with E-state index in [9.17, 15) is 18.0 Å². The number of aromatic carboxylic acids is 1. The highest BCUT2D eigenvalue weighted by Gasteiger charge is 2.20. The Morgan fingerprint density at radius 1 is 1.09 bits per heavy atom. The van der Waals surface area contributed by atoms with Crippen LogP contribution in [0.2, 0.25) is 5.02 Å². The molecule has 0 bridgehead atoms. The van der Waals surface area contributed by atoms with E-state index >= 15 is 0 Å². The summed E-state index contributed by atoms with van der Waals surface area (Å²) in [7, 11) is -4.10. The molecule has 0 aliphatic rings. The van der Waals surface area contributed by atoms with Gasteiger partial charge in [0, 0.05) is 11.3 Å². The van der Waals surface area contributed by atoms with E-state index < -0.39 is 16.0 Å². The third kappa shape index (κ3) is 3.88. The van der Waals surface area contributed by atoms with Crippen LogP contribution in [0.25, 0.3) is 0 Å². The molecule has 0 aliphatic heterocycles. The molecule has 0 aromatic heterocycles. The molecular weight excluding hydrogens is 342 g/mol. The zero-order valence-electron chi connectivity index (χ0n) is 11.9. The van der Waals surface area contributed by atoms with Crippen molar-refractivity contribution in [3.8, 4) is 0 Å². The molecule has 120 valence electrons. The first-order chi connectivity index (χ1) is 10.7. The van der Waals surface area contributed by atoms with Gasteiger partial charge >= 0.3 is 5.97 Å². The van der Waals surface area contributed by atoms with Crippen molar-refractivity contribution >= 4 is 39.1 Å². The third-order valence-corrected chi connectivity index (χ3v) is 4.85. The smallest absolute Gasteiger partial charge is 0.335 e. The first-order valence-corrected chi connectivity index (χ1v) is 8.23. The molecule has 0 aliphatic carbocycles. The van der Waals surface area contributed by atoms with Crippen molar-refractivity contribution in [3.63, 3.8) is 0 Å². The lowest BCUT2D eigenvalue weighted by molar-refractivity contribution is 0.0696. The van der Waals surface area contributed by atoms with E-state index in [1.54, 1.807) is 6.07 Å². The van der Waals surface area contributed by atoms with Crippen LogP contribution in [0.5, 0.6) is 0 Å². The summed E-state index contributed by atoms with van der Waals surface area (Å²) in [6.07, 6.45) is 0. The number of benzene rings is 2. The lowest BCUT2D eigenvalue weighted by Gasteiger charge is -2.11. The fraction of sp³-hybridized carbons (Fsp3) is 0.0667. The minimum atomic E-state index is -4.10. The molecule has 6 nitrogen and oxygen atoms in total. The maximum Gasteiger partial charge on any atom is 0.335 e. The average Bonchev–Trinajstić information content (AvgIpc) is 2.47. The van der Waals surface area contributed by atoms with E-state index in [1.807, 2.05) is 0 Å². The Hall–Kier alpha value is -2.38. The molecule has 0 unspecified atom stereocenters. The Bertz CT molecular complexity index is 892. The van der Waals surface area contributed by atoms with Crippen LogP contribution in [-0.4, -0.2) is 25.3 Å². The molecule has 0 heterocycles. The first-order valence-electron chi connectivity index (χ1n) is 6.37. The van der Waals surface area contributed by atoms with Gasteiger partial charge in [0.2, 0.25) is 0 Å². The molecule has 23 heavy (non-hydrogen) atoms. The second kappa shape index (κ2) is 6.39. The van der Waals surface area contributed by atoms with Crippen LogP contribution >= 0.6 is 11.6 Å². The van der Waals surface area contributed by atoms with E-state index in [0.717, 1.165) is 6.07 Å². The number of carbonyl (C=O) groups excluding carboxylic acids is 1. The Kier molecular flexibility index (Phi) is 4.72. The van der Waals surface area contributed by atoms with E-state index in [0.29, 0.717) is 5.56 Å². The molecule has 0 saturated heterocycles. The van der Waals surface area contributed by atoms with Gasteiger partial charge in [0.25, 0.3) is 10.0 Å². The Morgan fingerprint density at radius 3 is 2.39 bits per heavy atom. The maximum atomic E-state index is 12.4. The molecule has 2 N–H and O–H groups in total. The molecule has 0 radical (unpaired) electrons. The number of sulfonamides is 1. The minimum absolute atomic E-state index is 0.106. The lowest BCUT2D eigenvalue weighted by Crippen LogP contribution is -2.14. The van der Waals surface area contributed by atoms with Crippen LogP contribution < -0.4 is 4.72 Å². The summed E-state index contributed by atoms with van der Waals surface area (Å²) in [5.41, 5.74) is 0.317. The number of carboxylic acid groups (broad SMARTS) is 1. The number of hydrogen-bond acceptors (Lipinski definition) is 4. The number of rotatable bonds is 5.